The largest absolute Gasteiger partial charge is 0.457 e. The molecular formula is C28H27F3N8O2. The number of hydrogen-bond acceptors (Lipinski definition) is 8. The number of hydrogen-bond donors (Lipinski definition) is 2. The molecule has 3 heterocycles. The van der Waals surface area contributed by atoms with Crippen molar-refractivity contribution in [2.45, 2.75) is 24.9 Å². The molecule has 212 valence electrons. The Kier molecular flexibility index (Phi) is 6.73. The van der Waals surface area contributed by atoms with Gasteiger partial charge in [-0.2, -0.15) is 13.2 Å². The summed E-state index contributed by atoms with van der Waals surface area (Å²) >= 11 is 0. The van der Waals surface area contributed by atoms with Gasteiger partial charge in [0.25, 0.3) is 0 Å². The second kappa shape index (κ2) is 10.4. The van der Waals surface area contributed by atoms with E-state index in [0.29, 0.717) is 41.1 Å². The summed E-state index contributed by atoms with van der Waals surface area (Å²) in [4.78, 5) is 25.4. The lowest BCUT2D eigenvalue weighted by molar-refractivity contribution is -0.137. The third-order valence-corrected chi connectivity index (χ3v) is 6.98. The van der Waals surface area contributed by atoms with Gasteiger partial charge in [-0.05, 0) is 54.7 Å². The zero-order chi connectivity index (χ0) is 28.7. The zero-order valence-corrected chi connectivity index (χ0v) is 22.3. The van der Waals surface area contributed by atoms with Crippen LogP contribution in [0.1, 0.15) is 29.9 Å². The van der Waals surface area contributed by atoms with E-state index in [2.05, 4.69) is 25.6 Å². The van der Waals surface area contributed by atoms with E-state index in [0.717, 1.165) is 36.1 Å². The van der Waals surface area contributed by atoms with Crippen molar-refractivity contribution >= 4 is 40.7 Å². The first kappa shape index (κ1) is 26.6. The predicted molar refractivity (Wildman–Crippen MR) is 148 cm³/mol. The molecule has 0 unspecified atom stereocenters. The molecule has 1 amide bonds. The van der Waals surface area contributed by atoms with Gasteiger partial charge in [0.05, 0.1) is 16.6 Å². The van der Waals surface area contributed by atoms with Gasteiger partial charge in [-0.15, -0.1) is 0 Å². The van der Waals surface area contributed by atoms with Gasteiger partial charge in [0, 0.05) is 38.1 Å². The van der Waals surface area contributed by atoms with E-state index in [9.17, 15) is 18.0 Å². The van der Waals surface area contributed by atoms with Crippen LogP contribution in [0.5, 0.6) is 11.5 Å². The normalized spacial score (nSPS) is 15.5. The van der Waals surface area contributed by atoms with Crippen molar-refractivity contribution in [3.05, 3.63) is 65.9 Å². The number of ether oxygens (including phenoxy) is 1. The number of carbonyl (C=O) groups is 1. The van der Waals surface area contributed by atoms with E-state index in [1.54, 1.807) is 53.3 Å². The van der Waals surface area contributed by atoms with Gasteiger partial charge >= 0.3 is 6.18 Å². The highest BCUT2D eigenvalue weighted by atomic mass is 19.4. The molecule has 13 heteroatoms. The van der Waals surface area contributed by atoms with Gasteiger partial charge in [-0.1, -0.05) is 6.07 Å². The third-order valence-electron chi connectivity index (χ3n) is 6.98. The van der Waals surface area contributed by atoms with Gasteiger partial charge in [0.1, 0.15) is 36.9 Å². The molecule has 2 N–H and O–H groups in total. The van der Waals surface area contributed by atoms with Crippen molar-refractivity contribution in [3.8, 4) is 11.5 Å². The molecule has 6 rings (SSSR count). The number of amides is 1. The molecule has 4 aromatic rings. The number of imidazole rings is 1. The Morgan fingerprint density at radius 3 is 2.61 bits per heavy atom. The van der Waals surface area contributed by atoms with E-state index in [1.807, 2.05) is 18.1 Å². The van der Waals surface area contributed by atoms with Crippen molar-refractivity contribution in [2.75, 3.05) is 30.9 Å². The quantitative estimate of drug-likeness (QED) is 0.292. The summed E-state index contributed by atoms with van der Waals surface area (Å²) in [7, 11) is 3.63. The van der Waals surface area contributed by atoms with Crippen molar-refractivity contribution in [1.29, 1.82) is 0 Å². The Morgan fingerprint density at radius 1 is 1.07 bits per heavy atom. The summed E-state index contributed by atoms with van der Waals surface area (Å²) in [5.74, 6) is 1.71. The first-order valence-electron chi connectivity index (χ1n) is 13.0. The Bertz CT molecular complexity index is 1650. The fourth-order valence-corrected chi connectivity index (χ4v) is 4.65. The van der Waals surface area contributed by atoms with E-state index < -0.39 is 11.7 Å². The Morgan fingerprint density at radius 2 is 1.88 bits per heavy atom. The Balaban J connectivity index is 1.19. The summed E-state index contributed by atoms with van der Waals surface area (Å²) in [5, 5.41) is 9.40. The van der Waals surface area contributed by atoms with Crippen molar-refractivity contribution in [1.82, 2.24) is 24.6 Å². The lowest BCUT2D eigenvalue weighted by Gasteiger charge is -2.22. The molecule has 2 aliphatic rings. The van der Waals surface area contributed by atoms with E-state index >= 15 is 0 Å². The fraction of sp³-hybridized carbons (Fsp3) is 0.286. The van der Waals surface area contributed by atoms with Crippen LogP contribution in [0.15, 0.2) is 59.7 Å². The minimum absolute atomic E-state index is 0.0993. The van der Waals surface area contributed by atoms with E-state index in [-0.39, 0.29) is 18.4 Å². The van der Waals surface area contributed by atoms with Crippen LogP contribution < -0.4 is 15.4 Å². The molecule has 10 nitrogen and oxygen atoms in total. The van der Waals surface area contributed by atoms with Crippen LogP contribution in [0.4, 0.5) is 30.6 Å². The standard InChI is InChI=1S/C28H27F3N8O2/c1-37-15-32-16-39(37)14-26(40)36-25-13-20(9-10-33-25)41-19-6-8-24-23(12-19)35-27(38(24)2)34-22-11-18(28(29,30)31)5-7-21(22)17-3-4-17/h5-13,16-17H,3-4,14-15H2,1-2H3,(H,34,35)(H,33,36,40). The van der Waals surface area contributed by atoms with Crippen LogP contribution in [-0.2, 0) is 18.0 Å². The average Bonchev–Trinajstić information content (AvgIpc) is 3.62. The second-order valence-electron chi connectivity index (χ2n) is 10.1. The van der Waals surface area contributed by atoms with Crippen LogP contribution in [-0.4, -0.2) is 57.1 Å². The predicted octanol–water partition coefficient (Wildman–Crippen LogP) is 5.49. The molecule has 2 aromatic carbocycles. The number of anilines is 3. The third kappa shape index (κ3) is 5.80. The molecule has 1 fully saturated rings. The Hall–Kier alpha value is -4.65. The number of nitrogens with one attached hydrogen (secondary N) is 2. The molecule has 0 saturated heterocycles. The number of halogens is 3. The number of pyridine rings is 1. The average molecular weight is 565 g/mol. The number of carbonyl (C=O) groups excluding carboxylic acids is 1. The molecule has 0 atom stereocenters. The lowest BCUT2D eigenvalue weighted by atomic mass is 10.0. The zero-order valence-electron chi connectivity index (χ0n) is 22.3. The van der Waals surface area contributed by atoms with Gasteiger partial charge in [-0.25, -0.2) is 15.0 Å². The van der Waals surface area contributed by atoms with Crippen molar-refractivity contribution in [2.24, 2.45) is 12.0 Å². The number of hydrazine groups is 1. The van der Waals surface area contributed by atoms with Crippen molar-refractivity contribution in [3.63, 3.8) is 0 Å². The summed E-state index contributed by atoms with van der Waals surface area (Å²) in [6, 6.07) is 12.5. The monoisotopic (exact) mass is 564 g/mol. The molecule has 0 bridgehead atoms. The number of aliphatic imine (C=N–C) groups is 1. The first-order valence-corrected chi connectivity index (χ1v) is 13.0. The molecule has 0 radical (unpaired) electrons. The molecule has 1 aliphatic carbocycles. The molecule has 0 spiro atoms. The van der Waals surface area contributed by atoms with E-state index in [4.69, 9.17) is 4.74 Å². The number of nitrogens with zero attached hydrogens (tertiary/aromatic N) is 6. The smallest absolute Gasteiger partial charge is 0.416 e. The molecule has 1 saturated carbocycles. The fourth-order valence-electron chi connectivity index (χ4n) is 4.65. The first-order chi connectivity index (χ1) is 19.6. The maximum absolute atomic E-state index is 13.4. The molecule has 41 heavy (non-hydrogen) atoms. The summed E-state index contributed by atoms with van der Waals surface area (Å²) in [6.07, 6.45) is 0.601. The summed E-state index contributed by atoms with van der Waals surface area (Å²) in [5.41, 5.74) is 1.94. The molecule has 2 aromatic heterocycles. The highest BCUT2D eigenvalue weighted by Gasteiger charge is 2.33. The van der Waals surface area contributed by atoms with Gasteiger partial charge < -0.3 is 19.9 Å². The molecule has 1 aliphatic heterocycles. The highest BCUT2D eigenvalue weighted by Crippen LogP contribution is 2.45. The van der Waals surface area contributed by atoms with Crippen LogP contribution in [0, 0.1) is 0 Å². The van der Waals surface area contributed by atoms with Gasteiger partial charge in [-0.3, -0.25) is 14.8 Å². The van der Waals surface area contributed by atoms with Crippen LogP contribution in [0.3, 0.4) is 0 Å². The number of benzene rings is 2. The number of rotatable bonds is 8. The topological polar surface area (TPSA) is 99.9 Å². The number of aryl methyl sites for hydroxylation is 1. The van der Waals surface area contributed by atoms with Gasteiger partial charge in [0.2, 0.25) is 11.9 Å². The summed E-state index contributed by atoms with van der Waals surface area (Å²) < 4.78 is 48.0. The van der Waals surface area contributed by atoms with Crippen LogP contribution >= 0.6 is 0 Å². The molecular weight excluding hydrogens is 537 g/mol. The maximum Gasteiger partial charge on any atom is 0.416 e. The minimum atomic E-state index is -4.44. The number of fused-ring (bicyclic) bond motifs is 1. The lowest BCUT2D eigenvalue weighted by Crippen LogP contribution is -2.39. The number of alkyl halides is 3. The van der Waals surface area contributed by atoms with Crippen molar-refractivity contribution < 1.29 is 22.7 Å². The van der Waals surface area contributed by atoms with Crippen LogP contribution in [0.2, 0.25) is 0 Å². The minimum Gasteiger partial charge on any atom is -0.457 e. The summed E-state index contributed by atoms with van der Waals surface area (Å²) in [6.45, 7) is 0.599. The SMILES string of the molecule is CN1CN=CN1CC(=O)Nc1cc(Oc2ccc3c(c2)nc(Nc2cc(C(F)(F)F)ccc2C2CC2)n3C)ccn1. The van der Waals surface area contributed by atoms with Gasteiger partial charge in [0.15, 0.2) is 0 Å². The van der Waals surface area contributed by atoms with E-state index in [1.165, 1.54) is 6.20 Å². The second-order valence-corrected chi connectivity index (χ2v) is 10.1. The highest BCUT2D eigenvalue weighted by molar-refractivity contribution is 5.92. The Labute approximate surface area is 233 Å². The van der Waals surface area contributed by atoms with Crippen LogP contribution in [0.25, 0.3) is 11.0 Å². The maximum atomic E-state index is 13.4. The number of aromatic nitrogens is 3.